The van der Waals surface area contributed by atoms with E-state index in [1.54, 1.807) is 12.4 Å². The van der Waals surface area contributed by atoms with E-state index >= 15 is 0 Å². The minimum Gasteiger partial charge on any atom is -0.357 e. The number of amides is 1. The van der Waals surface area contributed by atoms with Crippen LogP contribution < -0.4 is 5.32 Å². The van der Waals surface area contributed by atoms with Gasteiger partial charge in [0.1, 0.15) is 0 Å². The zero-order valence-electron chi connectivity index (χ0n) is 12.2. The van der Waals surface area contributed by atoms with Crippen LogP contribution in [0.25, 0.3) is 11.3 Å². The van der Waals surface area contributed by atoms with Crippen LogP contribution in [0.4, 0.5) is 0 Å². The van der Waals surface area contributed by atoms with Crippen molar-refractivity contribution in [3.8, 4) is 11.3 Å². The fraction of sp³-hybridized carbons (Fsp3) is 0.375. The topological polar surface area (TPSA) is 57.8 Å². The molecule has 0 fully saturated rings. The first-order valence-corrected chi connectivity index (χ1v) is 7.06. The van der Waals surface area contributed by atoms with Gasteiger partial charge in [-0.25, -0.2) is 0 Å². The highest BCUT2D eigenvalue weighted by Crippen LogP contribution is 2.32. The molecule has 2 N–H and O–H groups in total. The number of rotatable bonds is 3. The summed E-state index contributed by atoms with van der Waals surface area (Å²) in [6.45, 7) is 5.14. The Labute approximate surface area is 130 Å². The number of carbonyl (C=O) groups is 1. The molecule has 112 valence electrons. The van der Waals surface area contributed by atoms with Crippen LogP contribution in [0.2, 0.25) is 0 Å². The van der Waals surface area contributed by atoms with Gasteiger partial charge in [-0.3, -0.25) is 9.78 Å². The molecular formula is C16H20ClN3O. The molecule has 0 saturated carbocycles. The van der Waals surface area contributed by atoms with E-state index in [0.29, 0.717) is 11.8 Å². The van der Waals surface area contributed by atoms with Gasteiger partial charge in [0.2, 0.25) is 0 Å². The van der Waals surface area contributed by atoms with Crippen molar-refractivity contribution in [1.82, 2.24) is 15.3 Å². The Balaban J connectivity index is 0.00000161. The van der Waals surface area contributed by atoms with Crippen LogP contribution in [0, 0.1) is 5.92 Å². The van der Waals surface area contributed by atoms with E-state index < -0.39 is 0 Å². The summed E-state index contributed by atoms with van der Waals surface area (Å²) in [6, 6.07) is 5.85. The molecule has 2 aromatic heterocycles. The predicted molar refractivity (Wildman–Crippen MR) is 85.8 cm³/mol. The average molecular weight is 306 g/mol. The van der Waals surface area contributed by atoms with Gasteiger partial charge in [0, 0.05) is 41.8 Å². The first kappa shape index (κ1) is 15.6. The largest absolute Gasteiger partial charge is 0.357 e. The smallest absolute Gasteiger partial charge is 0.253 e. The predicted octanol–water partition coefficient (Wildman–Crippen LogP) is 3.37. The van der Waals surface area contributed by atoms with Gasteiger partial charge in [-0.15, -0.1) is 12.4 Å². The van der Waals surface area contributed by atoms with Crippen molar-refractivity contribution in [2.45, 2.75) is 26.2 Å². The molecule has 3 rings (SSSR count). The Morgan fingerprint density at radius 3 is 2.71 bits per heavy atom. The van der Waals surface area contributed by atoms with Crippen molar-refractivity contribution < 1.29 is 4.79 Å². The number of aromatic amines is 1. The highest BCUT2D eigenvalue weighted by molar-refractivity contribution is 5.98. The highest BCUT2D eigenvalue weighted by atomic mass is 35.5. The molecule has 2 aromatic rings. The SMILES string of the molecule is CC(C)CC1CNC(=O)c2cc(-c3ccncc3)[nH]c21.Cl. The second-order valence-corrected chi connectivity index (χ2v) is 5.78. The van der Waals surface area contributed by atoms with Crippen LogP contribution in [-0.4, -0.2) is 22.4 Å². The lowest BCUT2D eigenvalue weighted by molar-refractivity contribution is 0.0938. The molecule has 1 atom stereocenters. The van der Waals surface area contributed by atoms with Crippen LogP contribution in [0.5, 0.6) is 0 Å². The summed E-state index contributed by atoms with van der Waals surface area (Å²) in [5.41, 5.74) is 3.91. The Kier molecular flexibility index (Phi) is 4.68. The maximum absolute atomic E-state index is 12.0. The number of pyridine rings is 1. The third-order valence-corrected chi connectivity index (χ3v) is 3.76. The van der Waals surface area contributed by atoms with E-state index in [2.05, 4.69) is 29.1 Å². The second-order valence-electron chi connectivity index (χ2n) is 5.78. The van der Waals surface area contributed by atoms with Crippen LogP contribution >= 0.6 is 12.4 Å². The average Bonchev–Trinajstić information content (AvgIpc) is 2.89. The number of hydrogen-bond donors (Lipinski definition) is 2. The van der Waals surface area contributed by atoms with Gasteiger partial charge in [0.15, 0.2) is 0 Å². The first-order valence-electron chi connectivity index (χ1n) is 7.06. The van der Waals surface area contributed by atoms with Crippen molar-refractivity contribution in [3.63, 3.8) is 0 Å². The third-order valence-electron chi connectivity index (χ3n) is 3.76. The maximum Gasteiger partial charge on any atom is 0.253 e. The van der Waals surface area contributed by atoms with E-state index in [-0.39, 0.29) is 18.3 Å². The first-order chi connectivity index (χ1) is 9.65. The lowest BCUT2D eigenvalue weighted by Gasteiger charge is -2.24. The fourth-order valence-electron chi connectivity index (χ4n) is 2.85. The zero-order chi connectivity index (χ0) is 14.1. The van der Waals surface area contributed by atoms with Crippen molar-refractivity contribution in [3.05, 3.63) is 41.9 Å². The molecule has 3 heterocycles. The third kappa shape index (κ3) is 3.10. The Bertz CT molecular complexity index is 622. The van der Waals surface area contributed by atoms with Gasteiger partial charge in [-0.2, -0.15) is 0 Å². The number of aromatic nitrogens is 2. The number of nitrogens with one attached hydrogen (secondary N) is 2. The number of nitrogens with zero attached hydrogens (tertiary/aromatic N) is 1. The number of fused-ring (bicyclic) bond motifs is 1. The quantitative estimate of drug-likeness (QED) is 0.913. The van der Waals surface area contributed by atoms with E-state index in [1.807, 2.05) is 18.2 Å². The molecule has 4 nitrogen and oxygen atoms in total. The summed E-state index contributed by atoms with van der Waals surface area (Å²) in [6.07, 6.45) is 4.60. The highest BCUT2D eigenvalue weighted by Gasteiger charge is 2.28. The summed E-state index contributed by atoms with van der Waals surface area (Å²) in [5, 5.41) is 2.99. The Morgan fingerprint density at radius 1 is 1.33 bits per heavy atom. The molecule has 0 spiro atoms. The van der Waals surface area contributed by atoms with Crippen molar-refractivity contribution >= 4 is 18.3 Å². The van der Waals surface area contributed by atoms with E-state index in [9.17, 15) is 4.79 Å². The summed E-state index contributed by atoms with van der Waals surface area (Å²) < 4.78 is 0. The molecule has 5 heteroatoms. The summed E-state index contributed by atoms with van der Waals surface area (Å²) in [7, 11) is 0. The lowest BCUT2D eigenvalue weighted by atomic mass is 9.89. The minimum absolute atomic E-state index is 0. The summed E-state index contributed by atoms with van der Waals surface area (Å²) in [5.74, 6) is 1.00. The summed E-state index contributed by atoms with van der Waals surface area (Å²) in [4.78, 5) is 19.5. The number of hydrogen-bond acceptors (Lipinski definition) is 2. The number of H-pyrrole nitrogens is 1. The van der Waals surface area contributed by atoms with Crippen LogP contribution in [0.3, 0.4) is 0 Å². The molecule has 0 saturated heterocycles. The molecule has 1 aliphatic rings. The fourth-order valence-corrected chi connectivity index (χ4v) is 2.85. The molecule has 21 heavy (non-hydrogen) atoms. The standard InChI is InChI=1S/C16H19N3O.ClH/c1-10(2)7-12-9-18-16(20)13-8-14(19-15(12)13)11-3-5-17-6-4-11;/h3-6,8,10,12,19H,7,9H2,1-2H3,(H,18,20);1H. The van der Waals surface area contributed by atoms with Crippen LogP contribution in [0.1, 0.15) is 42.2 Å². The van der Waals surface area contributed by atoms with E-state index in [1.165, 1.54) is 0 Å². The Hall–Kier alpha value is -1.81. The minimum atomic E-state index is 0. The lowest BCUT2D eigenvalue weighted by Crippen LogP contribution is -2.35. The van der Waals surface area contributed by atoms with Gasteiger partial charge in [0.25, 0.3) is 5.91 Å². The normalized spacial score (nSPS) is 17.1. The van der Waals surface area contributed by atoms with Gasteiger partial charge >= 0.3 is 0 Å². The second kappa shape index (κ2) is 6.31. The number of carbonyl (C=O) groups excluding carboxylic acids is 1. The maximum atomic E-state index is 12.0. The molecule has 1 amide bonds. The zero-order valence-corrected chi connectivity index (χ0v) is 13.0. The molecule has 1 aliphatic heterocycles. The molecule has 0 bridgehead atoms. The Morgan fingerprint density at radius 2 is 2.05 bits per heavy atom. The molecule has 0 aliphatic carbocycles. The van der Waals surface area contributed by atoms with Crippen LogP contribution in [0.15, 0.2) is 30.6 Å². The molecular weight excluding hydrogens is 286 g/mol. The van der Waals surface area contributed by atoms with Crippen molar-refractivity contribution in [2.75, 3.05) is 6.54 Å². The van der Waals surface area contributed by atoms with Gasteiger partial charge in [-0.1, -0.05) is 13.8 Å². The van der Waals surface area contributed by atoms with Gasteiger partial charge in [-0.05, 0) is 30.5 Å². The van der Waals surface area contributed by atoms with Gasteiger partial charge in [0.05, 0.1) is 5.56 Å². The molecule has 1 unspecified atom stereocenters. The summed E-state index contributed by atoms with van der Waals surface area (Å²) >= 11 is 0. The van der Waals surface area contributed by atoms with E-state index in [4.69, 9.17) is 0 Å². The molecule has 0 radical (unpaired) electrons. The monoisotopic (exact) mass is 305 g/mol. The molecule has 0 aromatic carbocycles. The van der Waals surface area contributed by atoms with E-state index in [0.717, 1.165) is 35.5 Å². The number of halogens is 1. The van der Waals surface area contributed by atoms with Crippen molar-refractivity contribution in [1.29, 1.82) is 0 Å². The van der Waals surface area contributed by atoms with Gasteiger partial charge < -0.3 is 10.3 Å². The van der Waals surface area contributed by atoms with Crippen LogP contribution in [-0.2, 0) is 0 Å². The van der Waals surface area contributed by atoms with Crippen molar-refractivity contribution in [2.24, 2.45) is 5.92 Å².